The second kappa shape index (κ2) is 13.4. The Labute approximate surface area is 246 Å². The number of rotatable bonds is 8. The maximum absolute atomic E-state index is 13.0. The molecule has 220 valence electrons. The van der Waals surface area contributed by atoms with Gasteiger partial charge in [-0.05, 0) is 99.5 Å². The van der Waals surface area contributed by atoms with Gasteiger partial charge in [0.05, 0.1) is 12.8 Å². The van der Waals surface area contributed by atoms with Crippen molar-refractivity contribution in [3.63, 3.8) is 0 Å². The van der Waals surface area contributed by atoms with Crippen LogP contribution >= 0.6 is 0 Å². The second-order valence-electron chi connectivity index (χ2n) is 11.2. The second-order valence-corrected chi connectivity index (χ2v) is 11.2. The van der Waals surface area contributed by atoms with Crippen LogP contribution in [0.4, 0.5) is 16.2 Å². The minimum atomic E-state index is -0.565. The van der Waals surface area contributed by atoms with E-state index in [1.807, 2.05) is 30.3 Å². The molecule has 3 N–H and O–H groups in total. The van der Waals surface area contributed by atoms with Crippen LogP contribution in [0.2, 0.25) is 0 Å². The van der Waals surface area contributed by atoms with Crippen LogP contribution in [0.5, 0.6) is 5.75 Å². The summed E-state index contributed by atoms with van der Waals surface area (Å²) in [6.45, 7) is 7.63. The molecule has 3 aromatic rings. The van der Waals surface area contributed by atoms with Crippen molar-refractivity contribution in [2.45, 2.75) is 39.3 Å². The number of benzene rings is 3. The lowest BCUT2D eigenvalue weighted by Crippen LogP contribution is -2.32. The lowest BCUT2D eigenvalue weighted by atomic mass is 9.99. The maximum Gasteiger partial charge on any atom is 0.407 e. The number of nitrogens with one attached hydrogen (secondary N) is 3. The molecular weight excluding hydrogens is 532 g/mol. The molecule has 0 unspecified atom stereocenters. The van der Waals surface area contributed by atoms with E-state index >= 15 is 0 Å². The Morgan fingerprint density at radius 2 is 1.52 bits per heavy atom. The topological polar surface area (TPSA) is 109 Å². The van der Waals surface area contributed by atoms with Gasteiger partial charge in [0.15, 0.2) is 0 Å². The monoisotopic (exact) mass is 570 g/mol. The zero-order valence-electron chi connectivity index (χ0n) is 24.7. The van der Waals surface area contributed by atoms with Gasteiger partial charge in [0.1, 0.15) is 11.4 Å². The highest BCUT2D eigenvalue weighted by molar-refractivity contribution is 6.07. The first-order valence-electron chi connectivity index (χ1n) is 13.9. The molecule has 0 fully saturated rings. The predicted molar refractivity (Wildman–Crippen MR) is 165 cm³/mol. The number of ether oxygens (including phenoxy) is 2. The van der Waals surface area contributed by atoms with Crippen molar-refractivity contribution in [3.05, 3.63) is 95.1 Å². The van der Waals surface area contributed by atoms with E-state index in [-0.39, 0.29) is 11.8 Å². The molecule has 0 saturated heterocycles. The zero-order chi connectivity index (χ0) is 30.3. The average Bonchev–Trinajstić information content (AvgIpc) is 2.96. The van der Waals surface area contributed by atoms with Gasteiger partial charge in [-0.15, -0.1) is 0 Å². The van der Waals surface area contributed by atoms with Crippen LogP contribution in [0.3, 0.4) is 0 Å². The van der Waals surface area contributed by atoms with Crippen LogP contribution in [0.15, 0.2) is 72.8 Å². The van der Waals surface area contributed by atoms with E-state index in [0.717, 1.165) is 30.6 Å². The number of methoxy groups -OCH3 is 1. The van der Waals surface area contributed by atoms with Gasteiger partial charge in [-0.25, -0.2) is 4.79 Å². The fourth-order valence-corrected chi connectivity index (χ4v) is 4.39. The van der Waals surface area contributed by atoms with Crippen LogP contribution < -0.4 is 20.7 Å². The number of likely N-dealkylation sites (N-methyl/N-ethyl adjacent to an activating group) is 1. The van der Waals surface area contributed by atoms with Gasteiger partial charge in [-0.1, -0.05) is 24.3 Å². The predicted octanol–water partition coefficient (Wildman–Crippen LogP) is 5.94. The fraction of sp³-hybridized carbons (Fsp3) is 0.303. The molecule has 0 atom stereocenters. The number of hydrogen-bond acceptors (Lipinski definition) is 6. The first-order valence-corrected chi connectivity index (χ1v) is 13.9. The van der Waals surface area contributed by atoms with Crippen molar-refractivity contribution >= 4 is 34.9 Å². The minimum Gasteiger partial charge on any atom is -0.495 e. The molecule has 1 aliphatic rings. The van der Waals surface area contributed by atoms with Gasteiger partial charge in [-0.3, -0.25) is 9.59 Å². The SMILES string of the molecule is COc1cc(C2=CCN(C)CC2)ccc1NC(=O)c1ccc(C(=O)Nc2ccc(CNC(=O)OC(C)(C)C)cc2)cc1. The van der Waals surface area contributed by atoms with Gasteiger partial charge in [-0.2, -0.15) is 0 Å². The standard InChI is InChI=1S/C33H38N4O5/c1-33(2,3)42-32(40)34-21-22-6-13-27(14-7-22)35-30(38)24-8-10-25(11-9-24)31(39)36-28-15-12-26(20-29(28)41-5)23-16-18-37(4)19-17-23/h6-16,20H,17-19,21H2,1-5H3,(H,34,40)(H,35,38)(H,36,39). The van der Waals surface area contributed by atoms with Crippen molar-refractivity contribution < 1.29 is 23.9 Å². The van der Waals surface area contributed by atoms with E-state index in [4.69, 9.17) is 9.47 Å². The molecule has 9 nitrogen and oxygen atoms in total. The number of carbonyl (C=O) groups is 3. The summed E-state index contributed by atoms with van der Waals surface area (Å²) in [4.78, 5) is 39.8. The first-order chi connectivity index (χ1) is 20.0. The normalized spacial score (nSPS) is 13.5. The Morgan fingerprint density at radius 3 is 2.10 bits per heavy atom. The van der Waals surface area contributed by atoms with E-state index in [1.165, 1.54) is 5.57 Å². The van der Waals surface area contributed by atoms with Crippen LogP contribution in [0.1, 0.15) is 59.0 Å². The van der Waals surface area contributed by atoms with Crippen molar-refractivity contribution in [1.29, 1.82) is 0 Å². The summed E-state index contributed by atoms with van der Waals surface area (Å²) in [5, 5.41) is 8.46. The van der Waals surface area contributed by atoms with Crippen LogP contribution in [-0.2, 0) is 11.3 Å². The third-order valence-electron chi connectivity index (χ3n) is 6.69. The maximum atomic E-state index is 13.0. The molecule has 0 bridgehead atoms. The quantitative estimate of drug-likeness (QED) is 0.309. The average molecular weight is 571 g/mol. The highest BCUT2D eigenvalue weighted by atomic mass is 16.6. The van der Waals surface area contributed by atoms with Gasteiger partial charge in [0.2, 0.25) is 0 Å². The number of amides is 3. The zero-order valence-corrected chi connectivity index (χ0v) is 24.7. The highest BCUT2D eigenvalue weighted by Gasteiger charge is 2.17. The van der Waals surface area contributed by atoms with Crippen molar-refractivity contribution in [1.82, 2.24) is 10.2 Å². The number of nitrogens with zero attached hydrogens (tertiary/aromatic N) is 1. The molecule has 1 aliphatic heterocycles. The van der Waals surface area contributed by atoms with Gasteiger partial charge in [0.25, 0.3) is 11.8 Å². The molecule has 1 heterocycles. The smallest absolute Gasteiger partial charge is 0.407 e. The number of carbonyl (C=O) groups excluding carboxylic acids is 3. The Balaban J connectivity index is 1.32. The molecule has 0 radical (unpaired) electrons. The van der Waals surface area contributed by atoms with Crippen molar-refractivity contribution in [2.24, 2.45) is 0 Å². The largest absolute Gasteiger partial charge is 0.495 e. The lowest BCUT2D eigenvalue weighted by Gasteiger charge is -2.22. The van der Waals surface area contributed by atoms with Gasteiger partial charge >= 0.3 is 6.09 Å². The molecule has 0 saturated carbocycles. The molecular formula is C33H38N4O5. The van der Waals surface area contributed by atoms with E-state index in [0.29, 0.717) is 34.8 Å². The van der Waals surface area contributed by atoms with E-state index < -0.39 is 11.7 Å². The highest BCUT2D eigenvalue weighted by Crippen LogP contribution is 2.31. The number of hydrogen-bond donors (Lipinski definition) is 3. The summed E-state index contributed by atoms with van der Waals surface area (Å²) in [7, 11) is 3.68. The van der Waals surface area contributed by atoms with Crippen LogP contribution in [-0.4, -0.2) is 55.7 Å². The first kappa shape index (κ1) is 30.3. The van der Waals surface area contributed by atoms with Crippen molar-refractivity contribution in [2.75, 3.05) is 37.9 Å². The molecule has 0 aliphatic carbocycles. The summed E-state index contributed by atoms with van der Waals surface area (Å²) in [5.74, 6) is -0.0209. The Bertz CT molecular complexity index is 1460. The van der Waals surface area contributed by atoms with Gasteiger partial charge < -0.3 is 30.3 Å². The molecule has 9 heteroatoms. The van der Waals surface area contributed by atoms with Crippen molar-refractivity contribution in [3.8, 4) is 5.75 Å². The van der Waals surface area contributed by atoms with E-state index in [9.17, 15) is 14.4 Å². The summed E-state index contributed by atoms with van der Waals surface area (Å²) in [5.41, 5.74) is 4.66. The summed E-state index contributed by atoms with van der Waals surface area (Å²) in [6.07, 6.45) is 2.69. The van der Waals surface area contributed by atoms with Crippen LogP contribution in [0, 0.1) is 0 Å². The molecule has 0 spiro atoms. The summed E-state index contributed by atoms with van der Waals surface area (Å²) < 4.78 is 10.8. The lowest BCUT2D eigenvalue weighted by molar-refractivity contribution is 0.0523. The number of alkyl carbamates (subject to hydrolysis) is 1. The number of anilines is 2. The molecule has 0 aromatic heterocycles. The fourth-order valence-electron chi connectivity index (χ4n) is 4.39. The Morgan fingerprint density at radius 1 is 0.881 bits per heavy atom. The summed E-state index contributed by atoms with van der Waals surface area (Å²) >= 11 is 0. The summed E-state index contributed by atoms with van der Waals surface area (Å²) in [6, 6.07) is 19.4. The minimum absolute atomic E-state index is 0.304. The van der Waals surface area contributed by atoms with E-state index in [2.05, 4.69) is 34.0 Å². The third kappa shape index (κ3) is 8.44. The third-order valence-corrected chi connectivity index (χ3v) is 6.69. The van der Waals surface area contributed by atoms with Crippen LogP contribution in [0.25, 0.3) is 5.57 Å². The Hall–Kier alpha value is -4.63. The van der Waals surface area contributed by atoms with E-state index in [1.54, 1.807) is 64.3 Å². The molecule has 4 rings (SSSR count). The molecule has 3 aromatic carbocycles. The van der Waals surface area contributed by atoms with Gasteiger partial charge in [0, 0.05) is 36.4 Å². The molecule has 42 heavy (non-hydrogen) atoms. The molecule has 3 amide bonds. The Kier molecular flexibility index (Phi) is 9.64.